The molecule has 0 aliphatic carbocycles. The molecule has 0 atom stereocenters. The van der Waals surface area contributed by atoms with Gasteiger partial charge in [0.25, 0.3) is 0 Å². The van der Waals surface area contributed by atoms with Crippen LogP contribution in [0.4, 0.5) is 26.0 Å². The van der Waals surface area contributed by atoms with Crippen LogP contribution in [0, 0.1) is 17.0 Å². The molecule has 0 aliphatic rings. The molecule has 2 aromatic carbocycles. The Balaban J connectivity index is 1.61. The summed E-state index contributed by atoms with van der Waals surface area (Å²) in [7, 11) is -3.13. The largest absolute Gasteiger partial charge is 0.508 e. The van der Waals surface area contributed by atoms with E-state index in [1.165, 1.54) is 6.26 Å². The molecular weight excluding hydrogens is 526 g/mol. The molecule has 2 heterocycles. The first kappa shape index (κ1) is 27.6. The van der Waals surface area contributed by atoms with Crippen molar-refractivity contribution in [3.63, 3.8) is 0 Å². The standard InChI is InChI=1S/C27H26F2N6O3S/c1-39(37,38)12-4-5-17-15-33-27(35-26(17)34-18-8-10-31-11-9-18)25(30)20-6-2-3-7-24(20)32-16-21-22(28)13-19(36)14-23(21)29/h2-3,6-11,13-15,30,32,36H,4-5,12,16H2,1H3,(H,31,33,34,35). The minimum atomic E-state index is -3.13. The first-order valence-corrected chi connectivity index (χ1v) is 14.0. The second kappa shape index (κ2) is 11.9. The van der Waals surface area contributed by atoms with E-state index in [1.807, 2.05) is 0 Å². The normalized spacial score (nSPS) is 11.3. The first-order valence-electron chi connectivity index (χ1n) is 11.9. The maximum Gasteiger partial charge on any atom is 0.180 e. The third-order valence-electron chi connectivity index (χ3n) is 5.77. The lowest BCUT2D eigenvalue weighted by Gasteiger charge is -2.15. The van der Waals surface area contributed by atoms with Gasteiger partial charge in [0, 0.05) is 71.6 Å². The predicted molar refractivity (Wildman–Crippen MR) is 145 cm³/mol. The number of benzene rings is 2. The first-order chi connectivity index (χ1) is 18.6. The van der Waals surface area contributed by atoms with E-state index in [1.54, 1.807) is 55.0 Å². The van der Waals surface area contributed by atoms with E-state index in [2.05, 4.69) is 25.6 Å². The minimum absolute atomic E-state index is 0.0144. The lowest BCUT2D eigenvalue weighted by Crippen LogP contribution is -2.14. The molecule has 2 aromatic heterocycles. The zero-order valence-electron chi connectivity index (χ0n) is 20.9. The van der Waals surface area contributed by atoms with Gasteiger partial charge in [-0.3, -0.25) is 10.4 Å². The number of nitrogens with one attached hydrogen (secondary N) is 3. The molecule has 0 aliphatic heterocycles. The van der Waals surface area contributed by atoms with Crippen molar-refractivity contribution >= 4 is 32.7 Å². The third kappa shape index (κ3) is 7.32. The molecule has 39 heavy (non-hydrogen) atoms. The molecule has 0 bridgehead atoms. The van der Waals surface area contributed by atoms with Gasteiger partial charge in [0.1, 0.15) is 38.8 Å². The highest BCUT2D eigenvalue weighted by Crippen LogP contribution is 2.25. The monoisotopic (exact) mass is 552 g/mol. The lowest BCUT2D eigenvalue weighted by atomic mass is 10.1. The fraction of sp³-hybridized carbons (Fsp3) is 0.185. The molecule has 0 spiro atoms. The maximum absolute atomic E-state index is 14.2. The summed E-state index contributed by atoms with van der Waals surface area (Å²) in [5, 5.41) is 24.3. The van der Waals surface area contributed by atoms with Gasteiger partial charge in [0.05, 0.1) is 5.75 Å². The zero-order valence-corrected chi connectivity index (χ0v) is 21.8. The van der Waals surface area contributed by atoms with Crippen molar-refractivity contribution in [3.05, 3.63) is 101 Å². The van der Waals surface area contributed by atoms with Crippen LogP contribution in [0.25, 0.3) is 0 Å². The number of aryl methyl sites for hydroxylation is 1. The van der Waals surface area contributed by atoms with E-state index in [0.29, 0.717) is 41.2 Å². The van der Waals surface area contributed by atoms with Crippen LogP contribution in [-0.4, -0.2) is 46.2 Å². The number of hydrogen-bond acceptors (Lipinski definition) is 9. The van der Waals surface area contributed by atoms with Crippen molar-refractivity contribution in [2.75, 3.05) is 22.6 Å². The Morgan fingerprint density at radius 3 is 2.46 bits per heavy atom. The second-order valence-electron chi connectivity index (χ2n) is 8.82. The molecule has 202 valence electrons. The molecule has 0 saturated carbocycles. The Labute approximate surface area is 224 Å². The number of pyridine rings is 1. The number of aromatic hydroxyl groups is 1. The highest BCUT2D eigenvalue weighted by molar-refractivity contribution is 7.90. The highest BCUT2D eigenvalue weighted by atomic mass is 32.2. The van der Waals surface area contributed by atoms with Gasteiger partial charge in [0.15, 0.2) is 5.82 Å². The average Bonchev–Trinajstić information content (AvgIpc) is 2.88. The molecule has 0 radical (unpaired) electrons. The summed E-state index contributed by atoms with van der Waals surface area (Å²) in [6, 6.07) is 11.9. The number of phenolic OH excluding ortho intramolecular Hbond substituents is 1. The van der Waals surface area contributed by atoms with E-state index in [9.17, 15) is 22.3 Å². The predicted octanol–water partition coefficient (Wildman–Crippen LogP) is 4.60. The van der Waals surface area contributed by atoms with Gasteiger partial charge in [-0.2, -0.15) is 0 Å². The summed E-state index contributed by atoms with van der Waals surface area (Å²) in [6.45, 7) is -0.225. The van der Waals surface area contributed by atoms with Gasteiger partial charge < -0.3 is 15.7 Å². The summed E-state index contributed by atoms with van der Waals surface area (Å²) in [6.07, 6.45) is 6.73. The van der Waals surface area contributed by atoms with Crippen LogP contribution in [0.3, 0.4) is 0 Å². The summed E-state index contributed by atoms with van der Waals surface area (Å²) in [5.41, 5.74) is 1.91. The number of rotatable bonds is 11. The van der Waals surface area contributed by atoms with E-state index in [4.69, 9.17) is 5.41 Å². The summed E-state index contributed by atoms with van der Waals surface area (Å²) in [4.78, 5) is 12.9. The van der Waals surface area contributed by atoms with Crippen LogP contribution in [0.2, 0.25) is 0 Å². The molecular formula is C27H26F2N6O3S. The van der Waals surface area contributed by atoms with Crippen LogP contribution in [0.1, 0.15) is 28.9 Å². The van der Waals surface area contributed by atoms with E-state index in [-0.39, 0.29) is 29.4 Å². The third-order valence-corrected chi connectivity index (χ3v) is 6.80. The zero-order chi connectivity index (χ0) is 28.0. The molecule has 0 fully saturated rings. The Hall–Kier alpha value is -4.45. The number of hydrogen-bond donors (Lipinski definition) is 4. The van der Waals surface area contributed by atoms with Crippen molar-refractivity contribution in [3.8, 4) is 5.75 Å². The maximum atomic E-state index is 14.2. The van der Waals surface area contributed by atoms with Crippen molar-refractivity contribution in [1.82, 2.24) is 15.0 Å². The Bertz CT molecular complexity index is 1580. The van der Waals surface area contributed by atoms with Crippen LogP contribution >= 0.6 is 0 Å². The fourth-order valence-electron chi connectivity index (χ4n) is 3.83. The second-order valence-corrected chi connectivity index (χ2v) is 11.1. The number of sulfone groups is 1. The molecule has 12 heteroatoms. The van der Waals surface area contributed by atoms with Crippen LogP contribution < -0.4 is 10.6 Å². The summed E-state index contributed by atoms with van der Waals surface area (Å²) >= 11 is 0. The molecule has 4 aromatic rings. The molecule has 4 rings (SSSR count). The van der Waals surface area contributed by atoms with Gasteiger partial charge >= 0.3 is 0 Å². The molecule has 0 amide bonds. The molecule has 9 nitrogen and oxygen atoms in total. The van der Waals surface area contributed by atoms with Crippen LogP contribution in [0.15, 0.2) is 67.1 Å². The van der Waals surface area contributed by atoms with Crippen LogP contribution in [0.5, 0.6) is 5.75 Å². The summed E-state index contributed by atoms with van der Waals surface area (Å²) < 4.78 is 51.6. The van der Waals surface area contributed by atoms with Crippen molar-refractivity contribution in [1.29, 1.82) is 5.41 Å². The fourth-order valence-corrected chi connectivity index (χ4v) is 4.50. The molecule has 0 saturated heterocycles. The van der Waals surface area contributed by atoms with Gasteiger partial charge in [-0.05, 0) is 31.0 Å². The average molecular weight is 553 g/mol. The Morgan fingerprint density at radius 2 is 1.77 bits per heavy atom. The van der Waals surface area contributed by atoms with E-state index in [0.717, 1.165) is 12.1 Å². The van der Waals surface area contributed by atoms with E-state index >= 15 is 0 Å². The topological polar surface area (TPSA) is 141 Å². The van der Waals surface area contributed by atoms with Gasteiger partial charge in [0.2, 0.25) is 0 Å². The molecule has 4 N–H and O–H groups in total. The quantitative estimate of drug-likeness (QED) is 0.198. The highest BCUT2D eigenvalue weighted by Gasteiger charge is 2.17. The van der Waals surface area contributed by atoms with Gasteiger partial charge in [-0.1, -0.05) is 18.2 Å². The van der Waals surface area contributed by atoms with E-state index < -0.39 is 27.2 Å². The molecule has 0 unspecified atom stereocenters. The van der Waals surface area contributed by atoms with Gasteiger partial charge in [-0.25, -0.2) is 27.2 Å². The number of aromatic nitrogens is 3. The lowest BCUT2D eigenvalue weighted by molar-refractivity contribution is 0.457. The Morgan fingerprint density at radius 1 is 1.08 bits per heavy atom. The number of nitrogens with zero attached hydrogens (tertiary/aromatic N) is 3. The van der Waals surface area contributed by atoms with Crippen molar-refractivity contribution < 1.29 is 22.3 Å². The number of para-hydroxylation sites is 1. The number of anilines is 3. The minimum Gasteiger partial charge on any atom is -0.508 e. The van der Waals surface area contributed by atoms with Crippen molar-refractivity contribution in [2.24, 2.45) is 0 Å². The van der Waals surface area contributed by atoms with Crippen LogP contribution in [-0.2, 0) is 22.8 Å². The SMILES string of the molecule is CS(=O)(=O)CCCc1cnc(C(=N)c2ccccc2NCc2c(F)cc(O)cc2F)nc1Nc1ccncc1. The van der Waals surface area contributed by atoms with Crippen molar-refractivity contribution in [2.45, 2.75) is 19.4 Å². The number of phenols is 1. The summed E-state index contributed by atoms with van der Waals surface area (Å²) in [5.74, 6) is -1.77. The number of halogens is 2. The smallest absolute Gasteiger partial charge is 0.180 e. The Kier molecular flexibility index (Phi) is 8.45. The van der Waals surface area contributed by atoms with Gasteiger partial charge in [-0.15, -0.1) is 0 Å².